The predicted molar refractivity (Wildman–Crippen MR) is 166 cm³/mol. The Labute approximate surface area is 242 Å². The molecule has 1 N–H and O–H groups in total. The normalized spacial score (nSPS) is 14.6. The van der Waals surface area contributed by atoms with Crippen LogP contribution >= 0.6 is 0 Å². The summed E-state index contributed by atoms with van der Waals surface area (Å²) in [6.45, 7) is 14.4. The number of carbonyl (C=O) groups is 2. The van der Waals surface area contributed by atoms with Crippen LogP contribution in [-0.4, -0.2) is 45.2 Å². The highest BCUT2D eigenvalue weighted by Gasteiger charge is 2.28. The Hall–Kier alpha value is -3.02. The van der Waals surface area contributed by atoms with Gasteiger partial charge in [0.1, 0.15) is 0 Å². The highest BCUT2D eigenvalue weighted by molar-refractivity contribution is 5.79. The van der Waals surface area contributed by atoms with Gasteiger partial charge in [0.15, 0.2) is 0 Å². The Kier molecular flexibility index (Phi) is 11.9. The third kappa shape index (κ3) is 9.00. The van der Waals surface area contributed by atoms with E-state index in [1.807, 2.05) is 13.8 Å². The molecule has 1 atom stereocenters. The number of hydrogen-bond donors (Lipinski definition) is 1. The molecule has 3 rings (SSSR count). The van der Waals surface area contributed by atoms with Gasteiger partial charge in [-0.3, -0.25) is 9.59 Å². The summed E-state index contributed by atoms with van der Waals surface area (Å²) in [5.74, 6) is 0.366. The molecule has 0 aromatic heterocycles. The maximum absolute atomic E-state index is 13.3. The molecule has 0 aliphatic carbocycles. The number of nitrogens with one attached hydrogen (secondary N) is 1. The zero-order valence-corrected chi connectivity index (χ0v) is 25.7. The number of piperidine rings is 1. The van der Waals surface area contributed by atoms with Crippen molar-refractivity contribution in [1.29, 1.82) is 0 Å². The molecule has 1 aliphatic rings. The monoisotopic (exact) mass is 549 g/mol. The van der Waals surface area contributed by atoms with Crippen LogP contribution in [0, 0.1) is 11.3 Å². The predicted octanol–water partition coefficient (Wildman–Crippen LogP) is 6.93. The van der Waals surface area contributed by atoms with E-state index in [1.54, 1.807) is 0 Å². The molecular weight excluding hydrogens is 498 g/mol. The lowest BCUT2D eigenvalue weighted by Gasteiger charge is -2.33. The molecule has 0 spiro atoms. The fraction of sp³-hybridized carbons (Fsp3) is 0.588. The number of anilines is 2. The lowest BCUT2D eigenvalue weighted by atomic mass is 9.88. The van der Waals surface area contributed by atoms with Crippen molar-refractivity contribution in [3.8, 4) is 0 Å². The van der Waals surface area contributed by atoms with E-state index in [4.69, 9.17) is 4.74 Å². The van der Waals surface area contributed by atoms with E-state index in [0.29, 0.717) is 12.3 Å². The lowest BCUT2D eigenvalue weighted by molar-refractivity contribution is -0.151. The van der Waals surface area contributed by atoms with Gasteiger partial charge in [0.2, 0.25) is 5.91 Å². The Morgan fingerprint density at radius 2 is 1.70 bits per heavy atom. The Bertz CT molecular complexity index is 1070. The molecule has 6 heteroatoms. The number of hydrogen-bond acceptors (Lipinski definition) is 5. The molecule has 40 heavy (non-hydrogen) atoms. The zero-order chi connectivity index (χ0) is 29.1. The minimum Gasteiger partial charge on any atom is -0.469 e. The van der Waals surface area contributed by atoms with Gasteiger partial charge in [-0.2, -0.15) is 0 Å². The van der Waals surface area contributed by atoms with Crippen LogP contribution in [0.15, 0.2) is 48.5 Å². The van der Waals surface area contributed by atoms with Crippen LogP contribution in [0.5, 0.6) is 0 Å². The number of amides is 1. The highest BCUT2D eigenvalue weighted by atomic mass is 16.5. The summed E-state index contributed by atoms with van der Waals surface area (Å²) in [5, 5.41) is 3.38. The Morgan fingerprint density at radius 3 is 2.33 bits per heavy atom. The first-order chi connectivity index (χ1) is 19.1. The highest BCUT2D eigenvalue weighted by Crippen LogP contribution is 2.32. The molecular formula is C34H51N3O3. The van der Waals surface area contributed by atoms with Crippen molar-refractivity contribution < 1.29 is 14.3 Å². The van der Waals surface area contributed by atoms with Crippen molar-refractivity contribution in [2.24, 2.45) is 11.3 Å². The topological polar surface area (TPSA) is 61.9 Å². The first-order valence-corrected chi connectivity index (χ1v) is 15.2. The second-order valence-corrected chi connectivity index (χ2v) is 12.3. The second kappa shape index (κ2) is 15.1. The summed E-state index contributed by atoms with van der Waals surface area (Å²) in [5.41, 5.74) is 4.17. The maximum Gasteiger partial charge on any atom is 0.311 e. The van der Waals surface area contributed by atoms with Crippen molar-refractivity contribution in [2.75, 3.05) is 43.1 Å². The number of rotatable bonds is 14. The Morgan fingerprint density at radius 1 is 1.02 bits per heavy atom. The van der Waals surface area contributed by atoms with Crippen LogP contribution < -0.4 is 15.1 Å². The minimum absolute atomic E-state index is 0.00489. The molecule has 0 radical (unpaired) electrons. The van der Waals surface area contributed by atoms with Crippen LogP contribution in [-0.2, 0) is 20.7 Å². The number of benzene rings is 2. The lowest BCUT2D eigenvalue weighted by Crippen LogP contribution is -2.34. The van der Waals surface area contributed by atoms with Crippen LogP contribution in [0.3, 0.4) is 0 Å². The van der Waals surface area contributed by atoms with Gasteiger partial charge in [0, 0.05) is 37.6 Å². The number of carbonyl (C=O) groups excluding carboxylic acids is 2. The van der Waals surface area contributed by atoms with E-state index in [9.17, 15) is 9.59 Å². The molecule has 1 fully saturated rings. The largest absolute Gasteiger partial charge is 0.469 e. The molecule has 2 aromatic rings. The van der Waals surface area contributed by atoms with E-state index >= 15 is 0 Å². The molecule has 2 aromatic carbocycles. The van der Waals surface area contributed by atoms with Crippen molar-refractivity contribution in [1.82, 2.24) is 5.32 Å². The number of esters is 1. The fourth-order valence-corrected chi connectivity index (χ4v) is 5.76. The van der Waals surface area contributed by atoms with Crippen LogP contribution in [0.25, 0.3) is 0 Å². The SMILES string of the molecule is CCN(CCCC(C)(C)C(=O)OC)c1ccc(CC(=O)NC(CC(C)C)c2ccccc2N2CCCCC2)cc1. The molecule has 1 unspecified atom stereocenters. The quantitative estimate of drug-likeness (QED) is 0.259. The third-order valence-electron chi connectivity index (χ3n) is 8.07. The zero-order valence-electron chi connectivity index (χ0n) is 25.7. The molecule has 6 nitrogen and oxygen atoms in total. The third-order valence-corrected chi connectivity index (χ3v) is 8.07. The maximum atomic E-state index is 13.3. The Balaban J connectivity index is 1.63. The molecule has 220 valence electrons. The van der Waals surface area contributed by atoms with E-state index in [1.165, 1.54) is 37.6 Å². The van der Waals surface area contributed by atoms with E-state index in [0.717, 1.165) is 56.7 Å². The van der Waals surface area contributed by atoms with Gasteiger partial charge in [-0.05, 0) is 94.5 Å². The smallest absolute Gasteiger partial charge is 0.311 e. The van der Waals surface area contributed by atoms with E-state index in [-0.39, 0.29) is 17.9 Å². The van der Waals surface area contributed by atoms with Gasteiger partial charge < -0.3 is 19.9 Å². The average Bonchev–Trinajstić information content (AvgIpc) is 2.95. The van der Waals surface area contributed by atoms with E-state index < -0.39 is 5.41 Å². The molecule has 1 heterocycles. The second-order valence-electron chi connectivity index (χ2n) is 12.3. The standard InChI is InChI=1S/C34H51N3O3/c1-7-36(23-13-20-34(4,5)33(39)40-6)28-18-16-27(17-19-28)25-32(38)35-30(24-26(2)3)29-14-9-10-15-31(29)37-21-11-8-12-22-37/h9-10,14-19,26,30H,7-8,11-13,20-25H2,1-6H3,(H,35,38). The van der Waals surface area contributed by atoms with Gasteiger partial charge >= 0.3 is 5.97 Å². The van der Waals surface area contributed by atoms with Crippen molar-refractivity contribution in [3.05, 3.63) is 59.7 Å². The van der Waals surface area contributed by atoms with Gasteiger partial charge in [0.25, 0.3) is 0 Å². The summed E-state index contributed by atoms with van der Waals surface area (Å²) in [6.07, 6.45) is 6.70. The number of ether oxygens (including phenoxy) is 1. The molecule has 0 saturated carbocycles. The van der Waals surface area contributed by atoms with Crippen LogP contribution in [0.2, 0.25) is 0 Å². The first-order valence-electron chi connectivity index (χ1n) is 15.2. The summed E-state index contributed by atoms with van der Waals surface area (Å²) in [7, 11) is 1.45. The average molecular weight is 550 g/mol. The molecule has 1 amide bonds. The number of methoxy groups -OCH3 is 1. The van der Waals surface area contributed by atoms with Crippen molar-refractivity contribution >= 4 is 23.3 Å². The molecule has 1 aliphatic heterocycles. The van der Waals surface area contributed by atoms with Gasteiger partial charge in [-0.25, -0.2) is 0 Å². The van der Waals surface area contributed by atoms with Gasteiger partial charge in [0.05, 0.1) is 25.0 Å². The van der Waals surface area contributed by atoms with E-state index in [2.05, 4.69) is 84.4 Å². The molecule has 1 saturated heterocycles. The summed E-state index contributed by atoms with van der Waals surface area (Å²) in [6, 6.07) is 17.0. The van der Waals surface area contributed by atoms with Gasteiger partial charge in [-0.15, -0.1) is 0 Å². The van der Waals surface area contributed by atoms with Gasteiger partial charge in [-0.1, -0.05) is 44.2 Å². The number of nitrogens with zero attached hydrogens (tertiary/aromatic N) is 2. The summed E-state index contributed by atoms with van der Waals surface area (Å²) < 4.78 is 4.94. The summed E-state index contributed by atoms with van der Waals surface area (Å²) in [4.78, 5) is 30.1. The number of para-hydroxylation sites is 1. The van der Waals surface area contributed by atoms with Crippen molar-refractivity contribution in [3.63, 3.8) is 0 Å². The fourth-order valence-electron chi connectivity index (χ4n) is 5.76. The minimum atomic E-state index is -0.479. The van der Waals surface area contributed by atoms with Crippen LogP contribution in [0.4, 0.5) is 11.4 Å². The summed E-state index contributed by atoms with van der Waals surface area (Å²) >= 11 is 0. The first kappa shape index (κ1) is 31.5. The van der Waals surface area contributed by atoms with Crippen molar-refractivity contribution in [2.45, 2.75) is 85.6 Å². The molecule has 0 bridgehead atoms. The van der Waals surface area contributed by atoms with Crippen LogP contribution in [0.1, 0.15) is 90.3 Å².